The number of nitrogens with zero attached hydrogens (tertiary/aromatic N) is 1. The van der Waals surface area contributed by atoms with Crippen molar-refractivity contribution in [1.82, 2.24) is 10.3 Å². The van der Waals surface area contributed by atoms with Crippen molar-refractivity contribution in [3.05, 3.63) is 69.4 Å². The van der Waals surface area contributed by atoms with Gasteiger partial charge in [-0.1, -0.05) is 11.6 Å². The van der Waals surface area contributed by atoms with Gasteiger partial charge < -0.3 is 15.6 Å². The molecule has 0 aliphatic heterocycles. The maximum atomic E-state index is 10.7. The monoisotopic (exact) mass is 368 g/mol. The average Bonchev–Trinajstić information content (AvgIpc) is 2.90. The lowest BCUT2D eigenvalue weighted by atomic mass is 10.1. The number of aryl methyl sites for hydroxylation is 2. The minimum atomic E-state index is -0.425. The number of H-pyrrole nitrogens is 1. The van der Waals surface area contributed by atoms with Gasteiger partial charge in [-0.3, -0.25) is 10.1 Å². The number of hydrogen-bond acceptors (Lipinski definition) is 3. The summed E-state index contributed by atoms with van der Waals surface area (Å²) in [4.78, 5) is 13.7. The number of thiocarbonyl (C=S) groups is 1. The van der Waals surface area contributed by atoms with Gasteiger partial charge in [0, 0.05) is 41.0 Å². The van der Waals surface area contributed by atoms with Crippen molar-refractivity contribution in [2.24, 2.45) is 0 Å². The van der Waals surface area contributed by atoms with Gasteiger partial charge in [0.15, 0.2) is 5.11 Å². The Kier molecular flexibility index (Phi) is 5.18. The fraction of sp³-hybridized carbons (Fsp3) is 0.211. The molecule has 26 heavy (non-hydrogen) atoms. The minimum absolute atomic E-state index is 0.0551. The Morgan fingerprint density at radius 2 is 1.92 bits per heavy atom. The molecule has 0 bridgehead atoms. The molecule has 0 spiro atoms. The van der Waals surface area contributed by atoms with Crippen molar-refractivity contribution >= 4 is 39.6 Å². The van der Waals surface area contributed by atoms with Crippen molar-refractivity contribution in [2.75, 3.05) is 11.9 Å². The van der Waals surface area contributed by atoms with Crippen LogP contribution in [0.5, 0.6) is 0 Å². The van der Waals surface area contributed by atoms with E-state index in [0.29, 0.717) is 17.3 Å². The number of non-ortho nitro benzene ring substituents is 1. The lowest BCUT2D eigenvalue weighted by Crippen LogP contribution is -2.30. The first-order chi connectivity index (χ1) is 12.4. The van der Waals surface area contributed by atoms with Gasteiger partial charge in [-0.25, -0.2) is 0 Å². The summed E-state index contributed by atoms with van der Waals surface area (Å²) < 4.78 is 0. The van der Waals surface area contributed by atoms with Gasteiger partial charge in [0.05, 0.1) is 4.92 Å². The van der Waals surface area contributed by atoms with Crippen LogP contribution in [-0.4, -0.2) is 21.6 Å². The number of fused-ring (bicyclic) bond motifs is 1. The smallest absolute Gasteiger partial charge is 0.269 e. The highest BCUT2D eigenvalue weighted by atomic mass is 32.1. The summed E-state index contributed by atoms with van der Waals surface area (Å²) >= 11 is 5.30. The largest absolute Gasteiger partial charge is 0.362 e. The molecule has 0 amide bonds. The van der Waals surface area contributed by atoms with Crippen LogP contribution in [0.25, 0.3) is 10.9 Å². The highest BCUT2D eigenvalue weighted by Crippen LogP contribution is 2.23. The number of hydrogen-bond donors (Lipinski definition) is 3. The van der Waals surface area contributed by atoms with Crippen LogP contribution in [0.4, 0.5) is 11.4 Å². The molecule has 0 atom stereocenters. The zero-order valence-corrected chi connectivity index (χ0v) is 15.4. The van der Waals surface area contributed by atoms with Crippen molar-refractivity contribution in [2.45, 2.75) is 20.3 Å². The number of aromatic nitrogens is 1. The second-order valence-corrected chi connectivity index (χ2v) is 6.62. The highest BCUT2D eigenvalue weighted by molar-refractivity contribution is 7.80. The first-order valence-corrected chi connectivity index (χ1v) is 8.72. The summed E-state index contributed by atoms with van der Waals surface area (Å²) in [6.45, 7) is 4.87. The molecule has 0 saturated heterocycles. The van der Waals surface area contributed by atoms with Gasteiger partial charge >= 0.3 is 0 Å². The van der Waals surface area contributed by atoms with Gasteiger partial charge in [0.1, 0.15) is 0 Å². The van der Waals surface area contributed by atoms with Crippen LogP contribution in [0.2, 0.25) is 0 Å². The van der Waals surface area contributed by atoms with Crippen LogP contribution in [0.15, 0.2) is 42.5 Å². The zero-order valence-electron chi connectivity index (χ0n) is 14.6. The molecule has 7 heteroatoms. The van der Waals surface area contributed by atoms with Crippen LogP contribution in [0.1, 0.15) is 16.8 Å². The molecule has 3 N–H and O–H groups in total. The molecule has 0 saturated carbocycles. The van der Waals surface area contributed by atoms with Crippen molar-refractivity contribution in [1.29, 1.82) is 0 Å². The fourth-order valence-electron chi connectivity index (χ4n) is 2.96. The summed E-state index contributed by atoms with van der Waals surface area (Å²) in [7, 11) is 0. The Balaban J connectivity index is 1.58. The number of nitro benzene ring substituents is 1. The molecular weight excluding hydrogens is 348 g/mol. The summed E-state index contributed by atoms with van der Waals surface area (Å²) in [5.41, 5.74) is 5.61. The molecule has 0 unspecified atom stereocenters. The van der Waals surface area contributed by atoms with Crippen LogP contribution in [-0.2, 0) is 6.42 Å². The van der Waals surface area contributed by atoms with Crippen molar-refractivity contribution in [3.8, 4) is 0 Å². The van der Waals surface area contributed by atoms with E-state index in [9.17, 15) is 10.1 Å². The van der Waals surface area contributed by atoms with Crippen LogP contribution >= 0.6 is 12.2 Å². The van der Waals surface area contributed by atoms with Gasteiger partial charge in [0.25, 0.3) is 5.69 Å². The van der Waals surface area contributed by atoms with E-state index in [1.807, 2.05) is 0 Å². The van der Waals surface area contributed by atoms with Crippen LogP contribution in [0, 0.1) is 24.0 Å². The first-order valence-electron chi connectivity index (χ1n) is 8.31. The predicted octanol–water partition coefficient (Wildman–Crippen LogP) is 4.22. The maximum Gasteiger partial charge on any atom is 0.269 e. The normalized spacial score (nSPS) is 10.7. The Morgan fingerprint density at radius 3 is 2.62 bits per heavy atom. The quantitative estimate of drug-likeness (QED) is 0.357. The summed E-state index contributed by atoms with van der Waals surface area (Å²) in [6, 6.07) is 12.6. The molecule has 3 aromatic rings. The van der Waals surface area contributed by atoms with Crippen LogP contribution < -0.4 is 10.6 Å². The fourth-order valence-corrected chi connectivity index (χ4v) is 3.18. The van der Waals surface area contributed by atoms with E-state index in [0.717, 1.165) is 11.9 Å². The number of aromatic amines is 1. The molecule has 1 heterocycles. The molecule has 0 aliphatic rings. The Bertz CT molecular complexity index is 964. The van der Waals surface area contributed by atoms with E-state index < -0.39 is 4.92 Å². The highest BCUT2D eigenvalue weighted by Gasteiger charge is 2.09. The maximum absolute atomic E-state index is 10.7. The summed E-state index contributed by atoms with van der Waals surface area (Å²) in [5.74, 6) is 0. The number of benzene rings is 2. The van der Waals surface area contributed by atoms with Gasteiger partial charge in [0.2, 0.25) is 0 Å². The molecule has 6 nitrogen and oxygen atoms in total. The second-order valence-electron chi connectivity index (χ2n) is 6.21. The molecule has 0 aliphatic carbocycles. The van der Waals surface area contributed by atoms with E-state index >= 15 is 0 Å². The van der Waals surface area contributed by atoms with E-state index in [1.165, 1.54) is 34.3 Å². The molecule has 2 aromatic carbocycles. The third-order valence-corrected chi connectivity index (χ3v) is 4.52. The minimum Gasteiger partial charge on any atom is -0.362 e. The first kappa shape index (κ1) is 17.9. The second kappa shape index (κ2) is 7.53. The summed E-state index contributed by atoms with van der Waals surface area (Å²) in [6.07, 6.45) is 0.845. The molecular formula is C19H20N4O2S. The zero-order chi connectivity index (χ0) is 18.7. The van der Waals surface area contributed by atoms with E-state index in [1.54, 1.807) is 12.1 Å². The third kappa shape index (κ3) is 4.00. The van der Waals surface area contributed by atoms with Crippen molar-refractivity contribution < 1.29 is 4.92 Å². The van der Waals surface area contributed by atoms with E-state index in [2.05, 4.69) is 47.7 Å². The Morgan fingerprint density at radius 1 is 1.19 bits per heavy atom. The van der Waals surface area contributed by atoms with Gasteiger partial charge in [-0.05, 0) is 62.3 Å². The van der Waals surface area contributed by atoms with Crippen LogP contribution in [0.3, 0.4) is 0 Å². The number of rotatable bonds is 5. The predicted molar refractivity (Wildman–Crippen MR) is 109 cm³/mol. The topological polar surface area (TPSA) is 83.0 Å². The number of nitrogens with one attached hydrogen (secondary N) is 3. The number of anilines is 1. The van der Waals surface area contributed by atoms with Gasteiger partial charge in [-0.2, -0.15) is 0 Å². The lowest BCUT2D eigenvalue weighted by molar-refractivity contribution is -0.384. The Hall–Kier alpha value is -2.93. The number of nitro groups is 1. The average molecular weight is 368 g/mol. The summed E-state index contributed by atoms with van der Waals surface area (Å²) in [5, 5.41) is 18.6. The SMILES string of the molecule is Cc1ccc2[nH]c(C)c(CCNC(=S)Nc3ccc([N+](=O)[O-])cc3)c2c1. The van der Waals surface area contributed by atoms with E-state index in [-0.39, 0.29) is 5.69 Å². The third-order valence-electron chi connectivity index (χ3n) is 4.27. The molecule has 134 valence electrons. The van der Waals surface area contributed by atoms with Gasteiger partial charge in [-0.15, -0.1) is 0 Å². The molecule has 1 aromatic heterocycles. The standard InChI is InChI=1S/C19H20N4O2S/c1-12-3-8-18-17(11-12)16(13(2)21-18)9-10-20-19(26)22-14-4-6-15(7-5-14)23(24)25/h3-8,11,21H,9-10H2,1-2H3,(H2,20,22,26). The molecule has 3 rings (SSSR count). The lowest BCUT2D eigenvalue weighted by Gasteiger charge is -2.10. The van der Waals surface area contributed by atoms with Crippen molar-refractivity contribution in [3.63, 3.8) is 0 Å². The Labute approximate surface area is 156 Å². The van der Waals surface area contributed by atoms with E-state index in [4.69, 9.17) is 12.2 Å². The molecule has 0 fully saturated rings. The molecule has 0 radical (unpaired) electrons.